The molecule has 1 aromatic carbocycles. The number of phenols is 1. The van der Waals surface area contributed by atoms with E-state index in [0.29, 0.717) is 22.9 Å². The molecular formula is C12H14FN3OS. The van der Waals surface area contributed by atoms with Gasteiger partial charge in [0.05, 0.1) is 5.71 Å². The standard InChI is InChI=1S/C12H14FN3OS/c1-3-6-14-12(18)16-15-8(2)10-7-9(13)4-5-11(10)17/h3-5,7,17H,1,6H2,2H3,(H2,14,16,18)/b15-8+. The van der Waals surface area contributed by atoms with E-state index in [-0.39, 0.29) is 5.75 Å². The molecule has 0 amide bonds. The maximum absolute atomic E-state index is 13.0. The Balaban J connectivity index is 2.74. The van der Waals surface area contributed by atoms with E-state index in [1.54, 1.807) is 13.0 Å². The Morgan fingerprint density at radius 3 is 3.00 bits per heavy atom. The van der Waals surface area contributed by atoms with Gasteiger partial charge >= 0.3 is 0 Å². The van der Waals surface area contributed by atoms with Crippen LogP contribution in [0.5, 0.6) is 5.75 Å². The Labute approximate surface area is 110 Å². The number of hydrazone groups is 1. The summed E-state index contributed by atoms with van der Waals surface area (Å²) in [5.41, 5.74) is 3.33. The van der Waals surface area contributed by atoms with E-state index in [0.717, 1.165) is 0 Å². The second-order valence-corrected chi connectivity index (χ2v) is 3.88. The van der Waals surface area contributed by atoms with Crippen LogP contribution in [0.15, 0.2) is 36.0 Å². The summed E-state index contributed by atoms with van der Waals surface area (Å²) in [5.74, 6) is -0.478. The first kappa shape index (κ1) is 14.1. The van der Waals surface area contributed by atoms with Gasteiger partial charge in [-0.1, -0.05) is 6.08 Å². The van der Waals surface area contributed by atoms with Crippen LogP contribution in [-0.2, 0) is 0 Å². The number of aromatic hydroxyl groups is 1. The first-order valence-corrected chi connectivity index (χ1v) is 5.63. The van der Waals surface area contributed by atoms with Crippen molar-refractivity contribution in [3.63, 3.8) is 0 Å². The SMILES string of the molecule is C=CCNC(=S)N/N=C(\C)c1cc(F)ccc1O. The largest absolute Gasteiger partial charge is 0.507 e. The predicted molar refractivity (Wildman–Crippen MR) is 74.2 cm³/mol. The molecule has 1 rings (SSSR count). The van der Waals surface area contributed by atoms with Crippen LogP contribution in [0.25, 0.3) is 0 Å². The normalized spacial score (nSPS) is 10.9. The van der Waals surface area contributed by atoms with Crippen molar-refractivity contribution in [1.82, 2.24) is 10.7 Å². The summed E-state index contributed by atoms with van der Waals surface area (Å²) in [6, 6.07) is 3.66. The van der Waals surface area contributed by atoms with E-state index in [9.17, 15) is 9.50 Å². The van der Waals surface area contributed by atoms with Crippen molar-refractivity contribution in [3.8, 4) is 5.75 Å². The highest BCUT2D eigenvalue weighted by atomic mass is 32.1. The monoisotopic (exact) mass is 267 g/mol. The molecule has 0 spiro atoms. The Kier molecular flexibility index (Phi) is 5.26. The predicted octanol–water partition coefficient (Wildman–Crippen LogP) is 1.91. The van der Waals surface area contributed by atoms with Gasteiger partial charge < -0.3 is 10.4 Å². The first-order chi connectivity index (χ1) is 8.54. The van der Waals surface area contributed by atoms with Gasteiger partial charge in [0.1, 0.15) is 11.6 Å². The van der Waals surface area contributed by atoms with E-state index < -0.39 is 5.82 Å². The summed E-state index contributed by atoms with van der Waals surface area (Å²) in [7, 11) is 0. The van der Waals surface area contributed by atoms with Gasteiger partial charge in [0.2, 0.25) is 0 Å². The molecule has 0 bridgehead atoms. The smallest absolute Gasteiger partial charge is 0.187 e. The topological polar surface area (TPSA) is 56.7 Å². The second kappa shape index (κ2) is 6.70. The van der Waals surface area contributed by atoms with Crippen LogP contribution >= 0.6 is 12.2 Å². The molecule has 18 heavy (non-hydrogen) atoms. The highest BCUT2D eigenvalue weighted by molar-refractivity contribution is 7.80. The molecule has 0 heterocycles. The van der Waals surface area contributed by atoms with Gasteiger partial charge in [0.25, 0.3) is 0 Å². The maximum atomic E-state index is 13.0. The molecule has 0 aliphatic rings. The number of benzene rings is 1. The molecular weight excluding hydrogens is 253 g/mol. The number of halogens is 1. The van der Waals surface area contributed by atoms with Gasteiger partial charge in [0, 0.05) is 12.1 Å². The minimum Gasteiger partial charge on any atom is -0.507 e. The number of thiocarbonyl (C=S) groups is 1. The fourth-order valence-electron chi connectivity index (χ4n) is 1.20. The van der Waals surface area contributed by atoms with Gasteiger partial charge in [-0.15, -0.1) is 6.58 Å². The van der Waals surface area contributed by atoms with Crippen molar-refractivity contribution in [2.45, 2.75) is 6.92 Å². The van der Waals surface area contributed by atoms with E-state index >= 15 is 0 Å². The van der Waals surface area contributed by atoms with E-state index in [1.807, 2.05) is 0 Å². The van der Waals surface area contributed by atoms with Crippen molar-refractivity contribution >= 4 is 23.0 Å². The zero-order valence-electron chi connectivity index (χ0n) is 9.90. The van der Waals surface area contributed by atoms with Crippen molar-refractivity contribution in [1.29, 1.82) is 0 Å². The van der Waals surface area contributed by atoms with Gasteiger partial charge in [-0.05, 0) is 37.3 Å². The van der Waals surface area contributed by atoms with Crippen LogP contribution in [0, 0.1) is 5.82 Å². The van der Waals surface area contributed by atoms with Gasteiger partial charge in [-0.25, -0.2) is 4.39 Å². The molecule has 4 nitrogen and oxygen atoms in total. The molecule has 0 saturated carbocycles. The van der Waals surface area contributed by atoms with Crippen molar-refractivity contribution in [3.05, 3.63) is 42.2 Å². The molecule has 96 valence electrons. The fourth-order valence-corrected chi connectivity index (χ4v) is 1.33. The lowest BCUT2D eigenvalue weighted by atomic mass is 10.1. The highest BCUT2D eigenvalue weighted by Crippen LogP contribution is 2.18. The number of hydrogen-bond acceptors (Lipinski definition) is 3. The van der Waals surface area contributed by atoms with Crippen LogP contribution in [0.2, 0.25) is 0 Å². The minimum absolute atomic E-state index is 0.0376. The molecule has 3 N–H and O–H groups in total. The molecule has 0 atom stereocenters. The lowest BCUT2D eigenvalue weighted by molar-refractivity contribution is 0.471. The summed E-state index contributed by atoms with van der Waals surface area (Å²) in [6.07, 6.45) is 1.66. The third-order valence-electron chi connectivity index (χ3n) is 2.08. The average Bonchev–Trinajstić information content (AvgIpc) is 2.36. The van der Waals surface area contributed by atoms with Gasteiger partial charge in [-0.3, -0.25) is 5.43 Å². The number of nitrogens with one attached hydrogen (secondary N) is 2. The number of phenolic OH excluding ortho intramolecular Hbond substituents is 1. The van der Waals surface area contributed by atoms with E-state index in [1.165, 1.54) is 18.2 Å². The van der Waals surface area contributed by atoms with E-state index in [2.05, 4.69) is 22.4 Å². The molecule has 0 radical (unpaired) electrons. The molecule has 0 aliphatic heterocycles. The number of hydrogen-bond donors (Lipinski definition) is 3. The van der Waals surface area contributed by atoms with Crippen molar-refractivity contribution in [2.24, 2.45) is 5.10 Å². The zero-order valence-corrected chi connectivity index (χ0v) is 10.7. The Morgan fingerprint density at radius 1 is 1.61 bits per heavy atom. The summed E-state index contributed by atoms with van der Waals surface area (Å²) in [5, 5.41) is 16.7. The first-order valence-electron chi connectivity index (χ1n) is 5.22. The lowest BCUT2D eigenvalue weighted by Gasteiger charge is -2.07. The van der Waals surface area contributed by atoms with Crippen LogP contribution in [0.3, 0.4) is 0 Å². The average molecular weight is 267 g/mol. The molecule has 0 unspecified atom stereocenters. The molecule has 1 aromatic rings. The molecule has 0 fully saturated rings. The Bertz CT molecular complexity index is 488. The van der Waals surface area contributed by atoms with E-state index in [4.69, 9.17) is 12.2 Å². The van der Waals surface area contributed by atoms with Gasteiger partial charge in [0.15, 0.2) is 5.11 Å². The second-order valence-electron chi connectivity index (χ2n) is 3.47. The third-order valence-corrected chi connectivity index (χ3v) is 2.32. The number of nitrogens with zero attached hydrogens (tertiary/aromatic N) is 1. The fraction of sp³-hybridized carbons (Fsp3) is 0.167. The summed E-state index contributed by atoms with van der Waals surface area (Å²) in [6.45, 7) is 5.69. The van der Waals surface area contributed by atoms with Crippen LogP contribution in [0.1, 0.15) is 12.5 Å². The molecule has 0 aromatic heterocycles. The Hall–Kier alpha value is -1.95. The molecule has 0 aliphatic carbocycles. The summed E-state index contributed by atoms with van der Waals surface area (Å²) >= 11 is 4.93. The van der Waals surface area contributed by atoms with Crippen molar-refractivity contribution < 1.29 is 9.50 Å². The molecule has 0 saturated heterocycles. The third kappa shape index (κ3) is 4.14. The van der Waals surface area contributed by atoms with Crippen LogP contribution < -0.4 is 10.7 Å². The number of rotatable bonds is 4. The maximum Gasteiger partial charge on any atom is 0.187 e. The summed E-state index contributed by atoms with van der Waals surface area (Å²) < 4.78 is 13.0. The van der Waals surface area contributed by atoms with Crippen molar-refractivity contribution in [2.75, 3.05) is 6.54 Å². The minimum atomic E-state index is -0.440. The highest BCUT2D eigenvalue weighted by Gasteiger charge is 2.06. The quantitative estimate of drug-likeness (QED) is 0.337. The van der Waals surface area contributed by atoms with Crippen LogP contribution in [0.4, 0.5) is 4.39 Å². The van der Waals surface area contributed by atoms with Gasteiger partial charge in [-0.2, -0.15) is 5.10 Å². The summed E-state index contributed by atoms with van der Waals surface area (Å²) in [4.78, 5) is 0. The Morgan fingerprint density at radius 2 is 2.33 bits per heavy atom. The molecule has 6 heteroatoms. The van der Waals surface area contributed by atoms with Crippen LogP contribution in [-0.4, -0.2) is 22.5 Å². The zero-order chi connectivity index (χ0) is 13.5. The lowest BCUT2D eigenvalue weighted by Crippen LogP contribution is -2.32.